The lowest BCUT2D eigenvalue weighted by Gasteiger charge is -2.22. The van der Waals surface area contributed by atoms with E-state index >= 15 is 0 Å². The zero-order valence-corrected chi connectivity index (χ0v) is 14.4. The number of H-pyrrole nitrogens is 1. The first-order valence-corrected chi connectivity index (χ1v) is 8.81. The number of ether oxygens (including phenoxy) is 1. The summed E-state index contributed by atoms with van der Waals surface area (Å²) in [5, 5.41) is 0.993. The van der Waals surface area contributed by atoms with Crippen molar-refractivity contribution in [2.45, 2.75) is 25.5 Å². The van der Waals surface area contributed by atoms with E-state index in [1.165, 1.54) is 0 Å². The van der Waals surface area contributed by atoms with Gasteiger partial charge < -0.3 is 9.72 Å². The summed E-state index contributed by atoms with van der Waals surface area (Å²) in [5.41, 5.74) is 2.39. The predicted molar refractivity (Wildman–Crippen MR) is 99.0 cm³/mol. The number of carbonyl (C=O) groups is 2. The molecule has 3 aromatic rings. The van der Waals surface area contributed by atoms with Gasteiger partial charge in [-0.05, 0) is 30.5 Å². The summed E-state index contributed by atoms with van der Waals surface area (Å²) < 4.78 is 5.41. The second kappa shape index (κ2) is 7.04. The third-order valence-electron chi connectivity index (χ3n) is 4.79. The monoisotopic (exact) mass is 348 g/mol. The van der Waals surface area contributed by atoms with Gasteiger partial charge in [-0.3, -0.25) is 9.69 Å². The highest BCUT2D eigenvalue weighted by atomic mass is 16.6. The fraction of sp³-hybridized carbons (Fsp3) is 0.238. The number of benzene rings is 2. The molecule has 1 aromatic heterocycles. The number of hydrogen-bond acceptors (Lipinski definition) is 3. The van der Waals surface area contributed by atoms with Gasteiger partial charge in [0.05, 0.1) is 5.69 Å². The third kappa shape index (κ3) is 3.20. The molecule has 1 amide bonds. The zero-order chi connectivity index (χ0) is 17.9. The van der Waals surface area contributed by atoms with Crippen LogP contribution in [0.2, 0.25) is 0 Å². The highest BCUT2D eigenvalue weighted by Gasteiger charge is 2.36. The minimum Gasteiger partial charge on any atom is -0.445 e. The molecule has 1 saturated heterocycles. The number of fused-ring (bicyclic) bond motifs is 1. The number of carbonyl (C=O) groups excluding carboxylic acids is 2. The van der Waals surface area contributed by atoms with Crippen molar-refractivity contribution >= 4 is 22.8 Å². The zero-order valence-electron chi connectivity index (χ0n) is 14.4. The van der Waals surface area contributed by atoms with Gasteiger partial charge in [-0.15, -0.1) is 0 Å². The second-order valence-electron chi connectivity index (χ2n) is 6.53. The number of ketones is 1. The maximum absolute atomic E-state index is 12.9. The lowest BCUT2D eigenvalue weighted by Crippen LogP contribution is -2.40. The van der Waals surface area contributed by atoms with Gasteiger partial charge in [0.15, 0.2) is 0 Å². The number of nitrogens with zero attached hydrogens (tertiary/aromatic N) is 1. The minimum atomic E-state index is -0.466. The predicted octanol–water partition coefficient (Wildman–Crippen LogP) is 4.15. The van der Waals surface area contributed by atoms with Gasteiger partial charge in [0.2, 0.25) is 5.78 Å². The lowest BCUT2D eigenvalue weighted by molar-refractivity contribution is 0.0735. The Hall–Kier alpha value is -3.08. The summed E-state index contributed by atoms with van der Waals surface area (Å²) in [4.78, 5) is 30.1. The van der Waals surface area contributed by atoms with E-state index in [2.05, 4.69) is 4.98 Å². The van der Waals surface area contributed by atoms with E-state index in [9.17, 15) is 9.59 Å². The molecule has 0 saturated carbocycles. The van der Waals surface area contributed by atoms with Gasteiger partial charge in [0, 0.05) is 17.4 Å². The summed E-state index contributed by atoms with van der Waals surface area (Å²) in [6.07, 6.45) is 1.03. The molecule has 0 aliphatic carbocycles. The molecule has 132 valence electrons. The van der Waals surface area contributed by atoms with Crippen molar-refractivity contribution < 1.29 is 14.3 Å². The quantitative estimate of drug-likeness (QED) is 0.721. The Morgan fingerprint density at radius 3 is 2.65 bits per heavy atom. The molecule has 4 rings (SSSR count). The summed E-state index contributed by atoms with van der Waals surface area (Å²) in [6.45, 7) is 0.758. The van der Waals surface area contributed by atoms with Crippen LogP contribution in [-0.4, -0.2) is 34.3 Å². The number of amides is 1. The van der Waals surface area contributed by atoms with E-state index < -0.39 is 12.1 Å². The van der Waals surface area contributed by atoms with Crippen molar-refractivity contribution in [3.63, 3.8) is 0 Å². The Kier molecular flexibility index (Phi) is 4.44. The van der Waals surface area contributed by atoms with Crippen LogP contribution in [0.5, 0.6) is 0 Å². The molecule has 0 radical (unpaired) electrons. The van der Waals surface area contributed by atoms with Crippen molar-refractivity contribution in [2.75, 3.05) is 6.54 Å². The second-order valence-corrected chi connectivity index (χ2v) is 6.53. The Morgan fingerprint density at radius 1 is 1.08 bits per heavy atom. The van der Waals surface area contributed by atoms with Crippen LogP contribution < -0.4 is 0 Å². The third-order valence-corrected chi connectivity index (χ3v) is 4.79. The van der Waals surface area contributed by atoms with Crippen LogP contribution in [0.15, 0.2) is 60.7 Å². The normalized spacial score (nSPS) is 16.8. The molecular formula is C21H20N2O3. The molecule has 0 bridgehead atoms. The molecule has 26 heavy (non-hydrogen) atoms. The number of likely N-dealkylation sites (tertiary alicyclic amines) is 1. The van der Waals surface area contributed by atoms with Crippen LogP contribution in [0.25, 0.3) is 10.9 Å². The smallest absolute Gasteiger partial charge is 0.410 e. The van der Waals surface area contributed by atoms with E-state index in [0.717, 1.165) is 22.9 Å². The van der Waals surface area contributed by atoms with Crippen molar-refractivity contribution in [2.24, 2.45) is 0 Å². The lowest BCUT2D eigenvalue weighted by atomic mass is 10.1. The highest BCUT2D eigenvalue weighted by Crippen LogP contribution is 2.24. The average molecular weight is 348 g/mol. The summed E-state index contributed by atoms with van der Waals surface area (Å²) in [7, 11) is 0. The Morgan fingerprint density at radius 2 is 1.85 bits per heavy atom. The molecule has 0 unspecified atom stereocenters. The summed E-state index contributed by atoms with van der Waals surface area (Å²) >= 11 is 0. The van der Waals surface area contributed by atoms with Gasteiger partial charge in [0.1, 0.15) is 12.6 Å². The van der Waals surface area contributed by atoms with Crippen LogP contribution in [0.3, 0.4) is 0 Å². The highest BCUT2D eigenvalue weighted by molar-refractivity contribution is 6.03. The molecular weight excluding hydrogens is 328 g/mol. The fourth-order valence-corrected chi connectivity index (χ4v) is 3.45. The average Bonchev–Trinajstić information content (AvgIpc) is 3.33. The minimum absolute atomic E-state index is 0.0599. The van der Waals surface area contributed by atoms with Crippen molar-refractivity contribution in [3.8, 4) is 0 Å². The van der Waals surface area contributed by atoms with E-state index in [4.69, 9.17) is 4.74 Å². The number of rotatable bonds is 4. The molecule has 1 N–H and O–H groups in total. The molecule has 1 atom stereocenters. The molecule has 1 aliphatic heterocycles. The summed E-state index contributed by atoms with van der Waals surface area (Å²) in [6, 6.07) is 18.7. The topological polar surface area (TPSA) is 62.4 Å². The molecule has 1 fully saturated rings. The molecule has 2 heterocycles. The van der Waals surface area contributed by atoms with Crippen LogP contribution in [0, 0.1) is 0 Å². The van der Waals surface area contributed by atoms with E-state index in [0.29, 0.717) is 18.7 Å². The van der Waals surface area contributed by atoms with Crippen LogP contribution >= 0.6 is 0 Å². The maximum Gasteiger partial charge on any atom is 0.410 e. The van der Waals surface area contributed by atoms with Crippen LogP contribution in [0.1, 0.15) is 28.9 Å². The summed E-state index contributed by atoms with van der Waals surface area (Å²) in [5.74, 6) is -0.0599. The molecule has 0 spiro atoms. The van der Waals surface area contributed by atoms with Crippen molar-refractivity contribution in [1.82, 2.24) is 9.88 Å². The largest absolute Gasteiger partial charge is 0.445 e. The first-order chi connectivity index (χ1) is 12.7. The number of aromatic nitrogens is 1. The number of nitrogens with one attached hydrogen (secondary N) is 1. The fourth-order valence-electron chi connectivity index (χ4n) is 3.45. The molecule has 5 nitrogen and oxygen atoms in total. The number of Topliss-reactive ketones (excluding diaryl/α,β-unsaturated/α-hetero) is 1. The van der Waals surface area contributed by atoms with E-state index in [1.807, 2.05) is 60.7 Å². The van der Waals surface area contributed by atoms with Crippen LogP contribution in [-0.2, 0) is 11.3 Å². The Balaban J connectivity index is 1.46. The Labute approximate surface area is 151 Å². The molecule has 1 aliphatic rings. The van der Waals surface area contributed by atoms with Gasteiger partial charge >= 0.3 is 6.09 Å². The van der Waals surface area contributed by atoms with Gasteiger partial charge in [-0.2, -0.15) is 0 Å². The van der Waals surface area contributed by atoms with E-state index in [1.54, 1.807) is 4.90 Å². The van der Waals surface area contributed by atoms with Crippen LogP contribution in [0.4, 0.5) is 4.79 Å². The van der Waals surface area contributed by atoms with Crippen molar-refractivity contribution in [3.05, 3.63) is 71.9 Å². The number of aromatic amines is 1. The molecule has 2 aromatic carbocycles. The van der Waals surface area contributed by atoms with Crippen molar-refractivity contribution in [1.29, 1.82) is 0 Å². The van der Waals surface area contributed by atoms with Gasteiger partial charge in [-0.25, -0.2) is 4.79 Å². The first kappa shape index (κ1) is 16.4. The number of hydrogen-bond donors (Lipinski definition) is 1. The number of para-hydroxylation sites is 1. The molecule has 5 heteroatoms. The van der Waals surface area contributed by atoms with Gasteiger partial charge in [-0.1, -0.05) is 48.5 Å². The first-order valence-electron chi connectivity index (χ1n) is 8.81. The maximum atomic E-state index is 12.9. The standard InChI is InChI=1S/C21H20N2O3/c24-20(18-13-16-9-4-5-10-17(16)22-18)19-11-6-12-23(19)21(25)26-14-15-7-2-1-3-8-15/h1-5,7-10,13,19,22H,6,11-12,14H2/t19-/m0/s1. The SMILES string of the molecule is O=C(c1cc2ccccc2[nH]1)[C@@H]1CCCN1C(=O)OCc1ccccc1. The Bertz CT molecular complexity index is 900. The van der Waals surface area contributed by atoms with Gasteiger partial charge in [0.25, 0.3) is 0 Å². The van der Waals surface area contributed by atoms with E-state index in [-0.39, 0.29) is 12.4 Å².